The van der Waals surface area contributed by atoms with E-state index in [9.17, 15) is 4.79 Å². The van der Waals surface area contributed by atoms with E-state index in [-0.39, 0.29) is 6.61 Å². The molecule has 0 atom stereocenters. The van der Waals surface area contributed by atoms with Gasteiger partial charge in [0.2, 0.25) is 0 Å². The van der Waals surface area contributed by atoms with E-state index in [1.165, 1.54) is 6.20 Å². The zero-order chi connectivity index (χ0) is 10.1. The van der Waals surface area contributed by atoms with Gasteiger partial charge in [-0.3, -0.25) is 4.57 Å². The lowest BCUT2D eigenvalue weighted by atomic mass is 10.1. The summed E-state index contributed by atoms with van der Waals surface area (Å²) in [5, 5.41) is 19.3. The third-order valence-corrected chi connectivity index (χ3v) is 2.11. The van der Waals surface area contributed by atoms with Gasteiger partial charge in [-0.15, -0.1) is 0 Å². The van der Waals surface area contributed by atoms with Gasteiger partial charge in [-0.25, -0.2) is 4.79 Å². The first-order valence-electron chi connectivity index (χ1n) is 4.15. The van der Waals surface area contributed by atoms with Crippen molar-refractivity contribution < 1.29 is 15.0 Å². The molecule has 1 aromatic carbocycles. The van der Waals surface area contributed by atoms with E-state index in [1.54, 1.807) is 24.4 Å². The lowest BCUT2D eigenvalue weighted by molar-refractivity contribution is 0.196. The van der Waals surface area contributed by atoms with Crippen LogP contribution in [0.5, 0.6) is 0 Å². The molecule has 4 nitrogen and oxygen atoms in total. The Morgan fingerprint density at radius 2 is 2.00 bits per heavy atom. The van der Waals surface area contributed by atoms with Gasteiger partial charge >= 0.3 is 6.09 Å². The maximum absolute atomic E-state index is 10.6. The predicted octanol–water partition coefficient (Wildman–Crippen LogP) is 1.66. The summed E-state index contributed by atoms with van der Waals surface area (Å²) < 4.78 is 1.10. The highest BCUT2D eigenvalue weighted by molar-refractivity contribution is 5.86. The van der Waals surface area contributed by atoms with Crippen molar-refractivity contribution in [3.05, 3.63) is 36.2 Å². The zero-order valence-corrected chi connectivity index (χ0v) is 7.34. The van der Waals surface area contributed by atoms with Crippen molar-refractivity contribution in [1.29, 1.82) is 0 Å². The molecule has 0 aliphatic rings. The second-order valence-electron chi connectivity index (χ2n) is 3.07. The molecule has 0 unspecified atom stereocenters. The molecular weight excluding hydrogens is 182 g/mol. The number of aliphatic hydroxyl groups excluding tert-OH is 1. The van der Waals surface area contributed by atoms with Crippen LogP contribution in [0.25, 0.3) is 10.8 Å². The minimum absolute atomic E-state index is 0.0335. The van der Waals surface area contributed by atoms with Gasteiger partial charge in [-0.2, -0.15) is 0 Å². The molecule has 0 saturated carbocycles. The Kier molecular flexibility index (Phi) is 1.98. The molecule has 0 aliphatic heterocycles. The number of hydrogen-bond acceptors (Lipinski definition) is 2. The quantitative estimate of drug-likeness (QED) is 0.720. The number of hydrogen-bond donors (Lipinski definition) is 2. The van der Waals surface area contributed by atoms with Gasteiger partial charge in [-0.05, 0) is 17.0 Å². The molecule has 0 bridgehead atoms. The van der Waals surface area contributed by atoms with E-state index in [2.05, 4.69) is 0 Å². The van der Waals surface area contributed by atoms with Crippen molar-refractivity contribution >= 4 is 16.9 Å². The summed E-state index contributed by atoms with van der Waals surface area (Å²) in [5.41, 5.74) is 0.778. The largest absolute Gasteiger partial charge is 0.464 e. The third kappa shape index (κ3) is 1.36. The standard InChI is InChI=1S/C10H9NO3/c12-6-7-1-2-8-4-11(10(13)14)5-9(8)3-7/h1-5,12H,6H2,(H,13,14). The van der Waals surface area contributed by atoms with E-state index in [0.29, 0.717) is 0 Å². The smallest absolute Gasteiger partial charge is 0.415 e. The number of rotatable bonds is 1. The molecule has 0 aliphatic carbocycles. The van der Waals surface area contributed by atoms with E-state index < -0.39 is 6.09 Å². The van der Waals surface area contributed by atoms with Crippen LogP contribution in [0, 0.1) is 0 Å². The van der Waals surface area contributed by atoms with Crippen molar-refractivity contribution in [2.45, 2.75) is 6.61 Å². The first-order valence-corrected chi connectivity index (χ1v) is 4.15. The summed E-state index contributed by atoms with van der Waals surface area (Å²) in [6, 6.07) is 5.34. The summed E-state index contributed by atoms with van der Waals surface area (Å²) in [5.74, 6) is 0. The Morgan fingerprint density at radius 3 is 2.64 bits per heavy atom. The van der Waals surface area contributed by atoms with Crippen molar-refractivity contribution in [2.24, 2.45) is 0 Å². The highest BCUT2D eigenvalue weighted by Gasteiger charge is 2.03. The van der Waals surface area contributed by atoms with Gasteiger partial charge in [-0.1, -0.05) is 12.1 Å². The second-order valence-corrected chi connectivity index (χ2v) is 3.07. The molecule has 0 fully saturated rings. The maximum Gasteiger partial charge on any atom is 0.415 e. The second kappa shape index (κ2) is 3.16. The van der Waals surface area contributed by atoms with Crippen molar-refractivity contribution in [3.8, 4) is 0 Å². The minimum atomic E-state index is -1.01. The molecule has 1 aromatic heterocycles. The number of carbonyl (C=O) groups is 1. The summed E-state index contributed by atoms with van der Waals surface area (Å²) in [7, 11) is 0. The van der Waals surface area contributed by atoms with Gasteiger partial charge in [0.05, 0.1) is 6.61 Å². The maximum atomic E-state index is 10.6. The average Bonchev–Trinajstić information content (AvgIpc) is 2.59. The van der Waals surface area contributed by atoms with Gasteiger partial charge in [0.15, 0.2) is 0 Å². The van der Waals surface area contributed by atoms with Crippen LogP contribution in [-0.4, -0.2) is 20.9 Å². The number of aliphatic hydroxyl groups is 1. The molecule has 2 N–H and O–H groups in total. The Morgan fingerprint density at radius 1 is 1.29 bits per heavy atom. The van der Waals surface area contributed by atoms with Crippen molar-refractivity contribution in [1.82, 2.24) is 4.57 Å². The lowest BCUT2D eigenvalue weighted by Crippen LogP contribution is -2.03. The highest BCUT2D eigenvalue weighted by atomic mass is 16.4. The topological polar surface area (TPSA) is 62.5 Å². The SMILES string of the molecule is O=C(O)n1cc2ccc(CO)cc2c1. The third-order valence-electron chi connectivity index (χ3n) is 2.11. The molecular formula is C10H9NO3. The summed E-state index contributed by atoms with van der Waals surface area (Å²) in [6.07, 6.45) is 2.06. The molecule has 0 spiro atoms. The van der Waals surface area contributed by atoms with E-state index in [4.69, 9.17) is 10.2 Å². The van der Waals surface area contributed by atoms with E-state index in [0.717, 1.165) is 20.9 Å². The van der Waals surface area contributed by atoms with Crippen LogP contribution in [-0.2, 0) is 6.61 Å². The molecule has 0 radical (unpaired) electrons. The summed E-state index contributed by atoms with van der Waals surface area (Å²) >= 11 is 0. The van der Waals surface area contributed by atoms with Crippen LogP contribution in [0.4, 0.5) is 4.79 Å². The monoisotopic (exact) mass is 191 g/mol. The normalized spacial score (nSPS) is 10.6. The van der Waals surface area contributed by atoms with Crippen molar-refractivity contribution in [3.63, 3.8) is 0 Å². The number of fused-ring (bicyclic) bond motifs is 1. The first-order chi connectivity index (χ1) is 6.70. The van der Waals surface area contributed by atoms with Gasteiger partial charge < -0.3 is 10.2 Å². The van der Waals surface area contributed by atoms with Crippen LogP contribution in [0.15, 0.2) is 30.6 Å². The average molecular weight is 191 g/mol. The van der Waals surface area contributed by atoms with Crippen LogP contribution >= 0.6 is 0 Å². The Labute approximate surface area is 80.0 Å². The van der Waals surface area contributed by atoms with Crippen LogP contribution in [0.3, 0.4) is 0 Å². The Bertz CT molecular complexity index is 487. The predicted molar refractivity (Wildman–Crippen MR) is 51.3 cm³/mol. The molecule has 4 heteroatoms. The fourth-order valence-electron chi connectivity index (χ4n) is 1.40. The number of nitrogens with zero attached hydrogens (tertiary/aromatic N) is 1. The number of carboxylic acid groups (broad SMARTS) is 1. The zero-order valence-electron chi connectivity index (χ0n) is 7.34. The van der Waals surface area contributed by atoms with Crippen LogP contribution in [0.1, 0.15) is 5.56 Å². The summed E-state index contributed by atoms with van der Waals surface area (Å²) in [4.78, 5) is 10.6. The molecule has 72 valence electrons. The fraction of sp³-hybridized carbons (Fsp3) is 0.100. The van der Waals surface area contributed by atoms with Gasteiger partial charge in [0.1, 0.15) is 0 Å². The molecule has 0 saturated heterocycles. The molecule has 2 aromatic rings. The molecule has 1 heterocycles. The first kappa shape index (κ1) is 8.77. The fourth-order valence-corrected chi connectivity index (χ4v) is 1.40. The lowest BCUT2D eigenvalue weighted by Gasteiger charge is -1.93. The van der Waals surface area contributed by atoms with Gasteiger partial charge in [0.25, 0.3) is 0 Å². The molecule has 0 amide bonds. The van der Waals surface area contributed by atoms with Crippen LogP contribution < -0.4 is 0 Å². The number of aromatic nitrogens is 1. The van der Waals surface area contributed by atoms with E-state index in [1.807, 2.05) is 0 Å². The summed E-state index contributed by atoms with van der Waals surface area (Å²) in [6.45, 7) is -0.0335. The van der Waals surface area contributed by atoms with Crippen LogP contribution in [0.2, 0.25) is 0 Å². The van der Waals surface area contributed by atoms with Crippen molar-refractivity contribution in [2.75, 3.05) is 0 Å². The van der Waals surface area contributed by atoms with E-state index >= 15 is 0 Å². The number of benzene rings is 1. The highest BCUT2D eigenvalue weighted by Crippen LogP contribution is 2.17. The Hall–Kier alpha value is -1.81. The minimum Gasteiger partial charge on any atom is -0.464 e. The Balaban J connectivity index is 2.60. The molecule has 2 rings (SSSR count). The molecule has 14 heavy (non-hydrogen) atoms. The van der Waals surface area contributed by atoms with Gasteiger partial charge in [0, 0.05) is 17.8 Å².